The molecule has 6 heteroatoms. The maximum Gasteiger partial charge on any atom is 0.241 e. The largest absolute Gasteiger partial charge is 0.394 e. The van der Waals surface area contributed by atoms with Crippen LogP contribution in [0.5, 0.6) is 0 Å². The van der Waals surface area contributed by atoms with E-state index in [2.05, 4.69) is 34.2 Å². The number of hydrogen-bond acceptors (Lipinski definition) is 5. The molecule has 1 aliphatic heterocycles. The molecule has 0 spiro atoms. The molecule has 1 fully saturated rings. The van der Waals surface area contributed by atoms with Crippen LogP contribution in [-0.2, 0) is 17.6 Å². The molecule has 2 aliphatic rings. The first-order valence-electron chi connectivity index (χ1n) is 9.20. The van der Waals surface area contributed by atoms with Crippen LogP contribution >= 0.6 is 0 Å². The van der Waals surface area contributed by atoms with E-state index in [4.69, 9.17) is 0 Å². The van der Waals surface area contributed by atoms with Crippen molar-refractivity contribution in [3.05, 3.63) is 35.4 Å². The molecule has 0 bridgehead atoms. The van der Waals surface area contributed by atoms with Crippen molar-refractivity contribution in [2.75, 3.05) is 45.9 Å². The van der Waals surface area contributed by atoms with Crippen LogP contribution in [0.2, 0.25) is 0 Å². The summed E-state index contributed by atoms with van der Waals surface area (Å²) in [6, 6.07) is 7.63. The van der Waals surface area contributed by atoms with E-state index in [0.717, 1.165) is 32.7 Å². The van der Waals surface area contributed by atoms with E-state index in [1.807, 2.05) is 12.1 Å². The quantitative estimate of drug-likeness (QED) is 0.655. The number of benzene rings is 1. The third kappa shape index (κ3) is 3.58. The minimum Gasteiger partial charge on any atom is -0.394 e. The third-order valence-corrected chi connectivity index (χ3v) is 5.71. The lowest BCUT2D eigenvalue weighted by Crippen LogP contribution is -2.65. The van der Waals surface area contributed by atoms with Crippen molar-refractivity contribution in [1.82, 2.24) is 15.1 Å². The number of amides is 1. The van der Waals surface area contributed by atoms with Gasteiger partial charge in [-0.3, -0.25) is 9.69 Å². The number of likely N-dealkylation sites (N-methyl/N-ethyl adjacent to an activating group) is 1. The average molecular weight is 347 g/mol. The molecule has 138 valence electrons. The van der Waals surface area contributed by atoms with Gasteiger partial charge in [0.2, 0.25) is 5.91 Å². The van der Waals surface area contributed by atoms with Crippen molar-refractivity contribution in [2.45, 2.75) is 31.3 Å². The summed E-state index contributed by atoms with van der Waals surface area (Å²) in [5, 5.41) is 21.6. The van der Waals surface area contributed by atoms with Gasteiger partial charge in [-0.05, 0) is 17.7 Å². The van der Waals surface area contributed by atoms with Crippen molar-refractivity contribution >= 4 is 5.91 Å². The van der Waals surface area contributed by atoms with Gasteiger partial charge in [0, 0.05) is 39.0 Å². The first kappa shape index (κ1) is 18.3. The Hall–Kier alpha value is -1.47. The fourth-order valence-electron chi connectivity index (χ4n) is 4.08. The monoisotopic (exact) mass is 347 g/mol. The van der Waals surface area contributed by atoms with Crippen molar-refractivity contribution in [1.29, 1.82) is 0 Å². The highest BCUT2D eigenvalue weighted by atomic mass is 16.3. The summed E-state index contributed by atoms with van der Waals surface area (Å²) in [4.78, 5) is 17.9. The summed E-state index contributed by atoms with van der Waals surface area (Å²) < 4.78 is 0. The molecule has 1 amide bonds. The van der Waals surface area contributed by atoms with Crippen LogP contribution < -0.4 is 5.32 Å². The van der Waals surface area contributed by atoms with Crippen molar-refractivity contribution < 1.29 is 15.0 Å². The fourth-order valence-corrected chi connectivity index (χ4v) is 4.08. The lowest BCUT2D eigenvalue weighted by molar-refractivity contribution is -0.136. The fraction of sp³-hybridized carbons (Fsp3) is 0.632. The molecular formula is C19H29N3O3. The summed E-state index contributed by atoms with van der Waals surface area (Å²) in [5.41, 5.74) is 1.83. The molecule has 0 radical (unpaired) electrons. The Balaban J connectivity index is 1.84. The van der Waals surface area contributed by atoms with E-state index in [1.54, 1.807) is 0 Å². The van der Waals surface area contributed by atoms with Crippen molar-refractivity contribution in [3.63, 3.8) is 0 Å². The number of aliphatic hydroxyl groups is 2. The van der Waals surface area contributed by atoms with Crippen LogP contribution in [-0.4, -0.2) is 83.4 Å². The van der Waals surface area contributed by atoms with Gasteiger partial charge in [0.25, 0.3) is 0 Å². The maximum atomic E-state index is 13.2. The first-order valence-corrected chi connectivity index (χ1v) is 9.20. The van der Waals surface area contributed by atoms with Gasteiger partial charge in [-0.15, -0.1) is 0 Å². The number of piperazine rings is 1. The summed E-state index contributed by atoms with van der Waals surface area (Å²) >= 11 is 0. The topological polar surface area (TPSA) is 76.0 Å². The van der Waals surface area contributed by atoms with E-state index >= 15 is 0 Å². The molecule has 3 N–H and O–H groups in total. The number of hydrogen-bond donors (Lipinski definition) is 3. The molecule has 25 heavy (non-hydrogen) atoms. The lowest BCUT2D eigenvalue weighted by atomic mass is 9.90. The van der Waals surface area contributed by atoms with Gasteiger partial charge in [-0.25, -0.2) is 0 Å². The highest BCUT2D eigenvalue weighted by Gasteiger charge is 2.49. The standard InChI is InChI=1S/C19H29N3O3/c1-2-21-7-9-22(10-8-21)19(18(25)20-17(13-23)14-24)11-15-5-3-4-6-16(15)12-19/h3-6,17,23-24H,2,7-14H2,1H3,(H,20,25). The van der Waals surface area contributed by atoms with Gasteiger partial charge < -0.3 is 20.4 Å². The molecule has 0 atom stereocenters. The normalized spacial score (nSPS) is 20.6. The Kier molecular flexibility index (Phi) is 5.74. The molecule has 6 nitrogen and oxygen atoms in total. The second-order valence-electron chi connectivity index (χ2n) is 7.11. The second kappa shape index (κ2) is 7.83. The van der Waals surface area contributed by atoms with Crippen LogP contribution in [0.25, 0.3) is 0 Å². The van der Waals surface area contributed by atoms with Gasteiger partial charge >= 0.3 is 0 Å². The minimum absolute atomic E-state index is 0.0817. The number of nitrogens with zero attached hydrogens (tertiary/aromatic N) is 2. The highest BCUT2D eigenvalue weighted by molar-refractivity contribution is 5.88. The molecule has 1 aromatic carbocycles. The van der Waals surface area contributed by atoms with Gasteiger partial charge in [0.15, 0.2) is 0 Å². The Labute approximate surface area is 149 Å². The minimum atomic E-state index is -0.619. The Morgan fingerprint density at radius 1 is 1.12 bits per heavy atom. The predicted octanol–water partition coefficient (Wildman–Crippen LogP) is -0.369. The van der Waals surface area contributed by atoms with Crippen LogP contribution in [0, 0.1) is 0 Å². The lowest BCUT2D eigenvalue weighted by Gasteiger charge is -2.45. The van der Waals surface area contributed by atoms with Gasteiger partial charge in [-0.1, -0.05) is 31.2 Å². The van der Waals surface area contributed by atoms with Crippen molar-refractivity contribution in [2.24, 2.45) is 0 Å². The zero-order chi connectivity index (χ0) is 17.9. The van der Waals surface area contributed by atoms with Crippen LogP contribution in [0.1, 0.15) is 18.1 Å². The number of aliphatic hydroxyl groups excluding tert-OH is 2. The van der Waals surface area contributed by atoms with E-state index in [0.29, 0.717) is 12.8 Å². The Bertz CT molecular complexity index is 570. The van der Waals surface area contributed by atoms with Gasteiger partial charge in [0.1, 0.15) is 5.54 Å². The van der Waals surface area contributed by atoms with E-state index in [-0.39, 0.29) is 19.1 Å². The third-order valence-electron chi connectivity index (χ3n) is 5.71. The first-order chi connectivity index (χ1) is 12.1. The van der Waals surface area contributed by atoms with E-state index < -0.39 is 11.6 Å². The van der Waals surface area contributed by atoms with Crippen LogP contribution in [0.4, 0.5) is 0 Å². The molecular weight excluding hydrogens is 318 g/mol. The number of carbonyl (C=O) groups is 1. The average Bonchev–Trinajstić information content (AvgIpc) is 3.06. The molecule has 1 aliphatic carbocycles. The summed E-state index contributed by atoms with van der Waals surface area (Å²) in [7, 11) is 0. The SMILES string of the molecule is CCN1CCN(C2(C(=O)NC(CO)CO)Cc3ccccc3C2)CC1. The Morgan fingerprint density at radius 2 is 1.68 bits per heavy atom. The van der Waals surface area contributed by atoms with Crippen LogP contribution in [0.3, 0.4) is 0 Å². The smallest absolute Gasteiger partial charge is 0.241 e. The summed E-state index contributed by atoms with van der Waals surface area (Å²) in [6.07, 6.45) is 1.37. The second-order valence-corrected chi connectivity index (χ2v) is 7.11. The number of nitrogens with one attached hydrogen (secondary N) is 1. The molecule has 3 rings (SSSR count). The highest BCUT2D eigenvalue weighted by Crippen LogP contribution is 2.35. The number of carbonyl (C=O) groups excluding carboxylic acids is 1. The van der Waals surface area contributed by atoms with Gasteiger partial charge in [-0.2, -0.15) is 0 Å². The number of rotatable bonds is 6. The van der Waals surface area contributed by atoms with E-state index in [9.17, 15) is 15.0 Å². The summed E-state index contributed by atoms with van der Waals surface area (Å²) in [5.74, 6) is -0.0817. The van der Waals surface area contributed by atoms with Gasteiger partial charge in [0.05, 0.1) is 19.3 Å². The Morgan fingerprint density at radius 3 is 2.16 bits per heavy atom. The zero-order valence-electron chi connectivity index (χ0n) is 14.9. The zero-order valence-corrected chi connectivity index (χ0v) is 14.9. The predicted molar refractivity (Wildman–Crippen MR) is 96.4 cm³/mol. The summed E-state index contributed by atoms with van der Waals surface area (Å²) in [6.45, 7) is 6.33. The molecule has 0 saturated carbocycles. The molecule has 1 heterocycles. The van der Waals surface area contributed by atoms with E-state index in [1.165, 1.54) is 11.1 Å². The molecule has 1 aromatic rings. The molecule has 0 aromatic heterocycles. The van der Waals surface area contributed by atoms with Crippen LogP contribution in [0.15, 0.2) is 24.3 Å². The maximum absolute atomic E-state index is 13.2. The molecule has 1 saturated heterocycles. The number of fused-ring (bicyclic) bond motifs is 1. The van der Waals surface area contributed by atoms with Crippen molar-refractivity contribution in [3.8, 4) is 0 Å². The molecule has 0 unspecified atom stereocenters.